The van der Waals surface area contributed by atoms with Crippen LogP contribution < -0.4 is 10.1 Å². The largest absolute Gasteiger partial charge is 0.494 e. The number of hydrogen-bond acceptors (Lipinski definition) is 4. The van der Waals surface area contributed by atoms with Crippen LogP contribution in [0.15, 0.2) is 42.5 Å². The molecule has 2 aromatic carbocycles. The maximum absolute atomic E-state index is 11.9. The number of aryl methyl sites for hydroxylation is 1. The normalized spacial score (nSPS) is 10.1. The molecule has 6 heteroatoms. The molecule has 0 spiro atoms. The maximum atomic E-state index is 11.9. The summed E-state index contributed by atoms with van der Waals surface area (Å²) >= 11 is 5.86. The fourth-order valence-electron chi connectivity index (χ4n) is 2.02. The van der Waals surface area contributed by atoms with Crippen molar-refractivity contribution in [3.63, 3.8) is 0 Å². The fraction of sp³-hybridized carbons (Fsp3) is 0.222. The van der Waals surface area contributed by atoms with Crippen LogP contribution in [-0.4, -0.2) is 25.1 Å². The average Bonchev–Trinajstić information content (AvgIpc) is 2.56. The molecule has 0 saturated carbocycles. The molecule has 126 valence electrons. The molecular weight excluding hydrogens is 330 g/mol. The second-order valence-electron chi connectivity index (χ2n) is 5.04. The van der Waals surface area contributed by atoms with Crippen LogP contribution in [0.2, 0.25) is 5.02 Å². The van der Waals surface area contributed by atoms with E-state index in [9.17, 15) is 9.59 Å². The molecule has 0 aromatic heterocycles. The van der Waals surface area contributed by atoms with Crippen LogP contribution in [0.5, 0.6) is 5.75 Å². The molecule has 0 aliphatic carbocycles. The van der Waals surface area contributed by atoms with Crippen molar-refractivity contribution in [3.05, 3.63) is 58.6 Å². The van der Waals surface area contributed by atoms with Gasteiger partial charge in [0.1, 0.15) is 5.75 Å². The summed E-state index contributed by atoms with van der Waals surface area (Å²) in [5.41, 5.74) is 1.81. The van der Waals surface area contributed by atoms with Gasteiger partial charge in [-0.25, -0.2) is 4.79 Å². The van der Waals surface area contributed by atoms with Gasteiger partial charge in [-0.15, -0.1) is 0 Å². The van der Waals surface area contributed by atoms with Crippen molar-refractivity contribution in [2.75, 3.05) is 18.5 Å². The van der Waals surface area contributed by atoms with E-state index in [2.05, 4.69) is 5.32 Å². The van der Waals surface area contributed by atoms with Crippen LogP contribution in [0.1, 0.15) is 22.8 Å². The lowest BCUT2D eigenvalue weighted by molar-refractivity contribution is -0.119. The third kappa shape index (κ3) is 4.99. The Labute approximate surface area is 145 Å². The molecule has 0 aliphatic rings. The van der Waals surface area contributed by atoms with Crippen molar-refractivity contribution >= 4 is 29.2 Å². The third-order valence-corrected chi connectivity index (χ3v) is 3.43. The highest BCUT2D eigenvalue weighted by Gasteiger charge is 2.11. The van der Waals surface area contributed by atoms with E-state index in [1.165, 1.54) is 0 Å². The molecule has 5 nitrogen and oxygen atoms in total. The van der Waals surface area contributed by atoms with E-state index in [1.54, 1.807) is 42.5 Å². The van der Waals surface area contributed by atoms with E-state index < -0.39 is 11.9 Å². The highest BCUT2D eigenvalue weighted by Crippen LogP contribution is 2.19. The number of nitrogens with one attached hydrogen (secondary N) is 1. The molecule has 0 radical (unpaired) electrons. The van der Waals surface area contributed by atoms with E-state index in [4.69, 9.17) is 21.1 Å². The Hall–Kier alpha value is -2.53. The minimum Gasteiger partial charge on any atom is -0.494 e. The second kappa shape index (κ2) is 8.36. The van der Waals surface area contributed by atoms with Gasteiger partial charge in [-0.3, -0.25) is 4.79 Å². The summed E-state index contributed by atoms with van der Waals surface area (Å²) in [7, 11) is 0. The SMILES string of the molecule is CCOc1ccc(C(=O)OCC(=O)Nc2ccc(Cl)cc2C)cc1. The van der Waals surface area contributed by atoms with Crippen LogP contribution in [0.4, 0.5) is 5.69 Å². The van der Waals surface area contributed by atoms with Gasteiger partial charge < -0.3 is 14.8 Å². The molecular formula is C18H18ClNO4. The molecule has 0 unspecified atom stereocenters. The van der Waals surface area contributed by atoms with Gasteiger partial charge in [0.05, 0.1) is 12.2 Å². The number of hydrogen-bond donors (Lipinski definition) is 1. The van der Waals surface area contributed by atoms with Gasteiger partial charge in [-0.05, 0) is 61.9 Å². The van der Waals surface area contributed by atoms with Gasteiger partial charge in [0.15, 0.2) is 6.61 Å². The summed E-state index contributed by atoms with van der Waals surface area (Å²) in [5, 5.41) is 3.27. The first-order chi connectivity index (χ1) is 11.5. The molecule has 0 bridgehead atoms. The van der Waals surface area contributed by atoms with E-state index in [-0.39, 0.29) is 6.61 Å². The molecule has 1 amide bonds. The highest BCUT2D eigenvalue weighted by atomic mass is 35.5. The van der Waals surface area contributed by atoms with Crippen molar-refractivity contribution in [1.82, 2.24) is 0 Å². The molecule has 0 heterocycles. The third-order valence-electron chi connectivity index (χ3n) is 3.20. The Morgan fingerprint density at radius 1 is 1.12 bits per heavy atom. The van der Waals surface area contributed by atoms with Gasteiger partial charge in [0.2, 0.25) is 0 Å². The Kier molecular flexibility index (Phi) is 6.21. The van der Waals surface area contributed by atoms with Gasteiger partial charge in [0.25, 0.3) is 5.91 Å². The van der Waals surface area contributed by atoms with Crippen molar-refractivity contribution in [1.29, 1.82) is 0 Å². The van der Waals surface area contributed by atoms with Crippen LogP contribution in [0, 0.1) is 6.92 Å². The lowest BCUT2D eigenvalue weighted by Gasteiger charge is -2.09. The molecule has 2 aromatic rings. The number of benzene rings is 2. The number of anilines is 1. The van der Waals surface area contributed by atoms with Gasteiger partial charge in [-0.2, -0.15) is 0 Å². The van der Waals surface area contributed by atoms with E-state index in [0.29, 0.717) is 28.6 Å². The molecule has 24 heavy (non-hydrogen) atoms. The van der Waals surface area contributed by atoms with Gasteiger partial charge in [-0.1, -0.05) is 11.6 Å². The van der Waals surface area contributed by atoms with Crippen LogP contribution >= 0.6 is 11.6 Å². The molecule has 0 atom stereocenters. The first-order valence-corrected chi connectivity index (χ1v) is 7.83. The predicted octanol–water partition coefficient (Wildman–Crippen LogP) is 3.84. The summed E-state index contributed by atoms with van der Waals surface area (Å²) < 4.78 is 10.3. The Morgan fingerprint density at radius 3 is 2.46 bits per heavy atom. The molecule has 0 saturated heterocycles. The standard InChI is InChI=1S/C18H18ClNO4/c1-3-23-15-7-4-13(5-8-15)18(22)24-11-17(21)20-16-9-6-14(19)10-12(16)2/h4-10H,3,11H2,1-2H3,(H,20,21). The van der Waals surface area contributed by atoms with Crippen molar-refractivity contribution in [2.45, 2.75) is 13.8 Å². The Bertz CT molecular complexity index is 728. The lowest BCUT2D eigenvalue weighted by atomic mass is 10.2. The second-order valence-corrected chi connectivity index (χ2v) is 5.48. The first-order valence-electron chi connectivity index (χ1n) is 7.45. The number of ether oxygens (including phenoxy) is 2. The van der Waals surface area contributed by atoms with Gasteiger partial charge >= 0.3 is 5.97 Å². The number of halogens is 1. The summed E-state index contributed by atoms with van der Waals surface area (Å²) in [4.78, 5) is 23.8. The monoisotopic (exact) mass is 347 g/mol. The van der Waals surface area contributed by atoms with E-state index in [0.717, 1.165) is 5.56 Å². The minimum absolute atomic E-state index is 0.355. The summed E-state index contributed by atoms with van der Waals surface area (Å²) in [6.45, 7) is 3.89. The smallest absolute Gasteiger partial charge is 0.338 e. The summed E-state index contributed by atoms with van der Waals surface area (Å²) in [5.74, 6) is -0.314. The summed E-state index contributed by atoms with van der Waals surface area (Å²) in [6, 6.07) is 11.7. The fourth-order valence-corrected chi connectivity index (χ4v) is 2.25. The highest BCUT2D eigenvalue weighted by molar-refractivity contribution is 6.30. The number of carbonyl (C=O) groups excluding carboxylic acids is 2. The number of rotatable bonds is 6. The first kappa shape index (κ1) is 17.8. The lowest BCUT2D eigenvalue weighted by Crippen LogP contribution is -2.21. The van der Waals surface area contributed by atoms with E-state index in [1.807, 2.05) is 13.8 Å². The number of amides is 1. The zero-order chi connectivity index (χ0) is 17.5. The van der Waals surface area contributed by atoms with Crippen molar-refractivity contribution in [3.8, 4) is 5.75 Å². The van der Waals surface area contributed by atoms with Crippen LogP contribution in [-0.2, 0) is 9.53 Å². The minimum atomic E-state index is -0.568. The van der Waals surface area contributed by atoms with Crippen LogP contribution in [0.3, 0.4) is 0 Å². The van der Waals surface area contributed by atoms with Gasteiger partial charge in [0, 0.05) is 10.7 Å². The topological polar surface area (TPSA) is 64.6 Å². The van der Waals surface area contributed by atoms with Crippen LogP contribution in [0.25, 0.3) is 0 Å². The number of esters is 1. The predicted molar refractivity (Wildman–Crippen MR) is 92.7 cm³/mol. The maximum Gasteiger partial charge on any atom is 0.338 e. The number of carbonyl (C=O) groups is 2. The zero-order valence-corrected chi connectivity index (χ0v) is 14.2. The molecule has 0 fully saturated rings. The van der Waals surface area contributed by atoms with Crippen molar-refractivity contribution in [2.24, 2.45) is 0 Å². The molecule has 1 N–H and O–H groups in total. The van der Waals surface area contributed by atoms with E-state index >= 15 is 0 Å². The summed E-state index contributed by atoms with van der Waals surface area (Å²) in [6.07, 6.45) is 0. The quantitative estimate of drug-likeness (QED) is 0.806. The molecule has 0 aliphatic heterocycles. The zero-order valence-electron chi connectivity index (χ0n) is 13.5. The molecule has 2 rings (SSSR count). The Balaban J connectivity index is 1.87. The average molecular weight is 348 g/mol. The Morgan fingerprint density at radius 2 is 1.83 bits per heavy atom. The van der Waals surface area contributed by atoms with Crippen molar-refractivity contribution < 1.29 is 19.1 Å².